The van der Waals surface area contributed by atoms with Crippen molar-refractivity contribution in [2.75, 3.05) is 7.11 Å². The lowest BCUT2D eigenvalue weighted by atomic mass is 10.0. The number of hydrogen-bond acceptors (Lipinski definition) is 3. The average molecular weight is 255 g/mol. The average Bonchev–Trinajstić information content (AvgIpc) is 3.19. The summed E-state index contributed by atoms with van der Waals surface area (Å²) in [5.41, 5.74) is 0. The van der Waals surface area contributed by atoms with E-state index in [-0.39, 0.29) is 12.0 Å². The Morgan fingerprint density at radius 3 is 2.33 bits per heavy atom. The highest BCUT2D eigenvalue weighted by molar-refractivity contribution is 5.75. The van der Waals surface area contributed by atoms with Crippen molar-refractivity contribution in [3.05, 3.63) is 0 Å². The van der Waals surface area contributed by atoms with Crippen molar-refractivity contribution in [2.45, 2.75) is 83.2 Å². The minimum Gasteiger partial charge on any atom is -0.468 e. The van der Waals surface area contributed by atoms with Crippen molar-refractivity contribution in [2.24, 2.45) is 0 Å². The molecule has 0 aliphatic heterocycles. The normalized spacial score (nSPS) is 16.6. The minimum atomic E-state index is -0.0899. The van der Waals surface area contributed by atoms with Gasteiger partial charge in [0, 0.05) is 6.04 Å². The van der Waals surface area contributed by atoms with Gasteiger partial charge in [-0.25, -0.2) is 0 Å². The van der Waals surface area contributed by atoms with Gasteiger partial charge < -0.3 is 10.1 Å². The molecule has 1 unspecified atom stereocenters. The maximum atomic E-state index is 11.6. The van der Waals surface area contributed by atoms with E-state index in [0.717, 1.165) is 12.8 Å². The Kier molecular flexibility index (Phi) is 8.06. The summed E-state index contributed by atoms with van der Waals surface area (Å²) in [6, 6.07) is 0.497. The number of unbranched alkanes of at least 4 members (excludes halogenated alkanes) is 6. The van der Waals surface area contributed by atoms with Crippen molar-refractivity contribution >= 4 is 5.97 Å². The molecule has 1 rings (SSSR count). The van der Waals surface area contributed by atoms with Crippen LogP contribution in [0.4, 0.5) is 0 Å². The highest BCUT2D eigenvalue weighted by atomic mass is 16.5. The quantitative estimate of drug-likeness (QED) is 0.454. The summed E-state index contributed by atoms with van der Waals surface area (Å²) in [4.78, 5) is 11.6. The zero-order valence-electron chi connectivity index (χ0n) is 12.0. The van der Waals surface area contributed by atoms with Crippen LogP contribution in [0.1, 0.15) is 71.1 Å². The van der Waals surface area contributed by atoms with Gasteiger partial charge in [-0.15, -0.1) is 0 Å². The van der Waals surface area contributed by atoms with Gasteiger partial charge in [-0.1, -0.05) is 51.9 Å². The van der Waals surface area contributed by atoms with Gasteiger partial charge in [0.05, 0.1) is 7.11 Å². The Morgan fingerprint density at radius 2 is 1.78 bits per heavy atom. The third kappa shape index (κ3) is 7.00. The molecular formula is C15H29NO2. The van der Waals surface area contributed by atoms with Gasteiger partial charge in [0.2, 0.25) is 0 Å². The van der Waals surface area contributed by atoms with Crippen molar-refractivity contribution in [1.82, 2.24) is 5.32 Å². The molecule has 3 heteroatoms. The SMILES string of the molecule is CCCCCCCCCC(NC1CC1)C(=O)OC. The molecule has 0 heterocycles. The molecule has 1 saturated carbocycles. The third-order valence-electron chi connectivity index (χ3n) is 3.60. The summed E-state index contributed by atoms with van der Waals surface area (Å²) in [5, 5.41) is 3.38. The van der Waals surface area contributed by atoms with E-state index >= 15 is 0 Å². The van der Waals surface area contributed by atoms with Crippen LogP contribution < -0.4 is 5.32 Å². The fourth-order valence-electron chi connectivity index (χ4n) is 2.25. The molecule has 1 fully saturated rings. The summed E-state index contributed by atoms with van der Waals surface area (Å²) in [6.07, 6.45) is 12.4. The topological polar surface area (TPSA) is 38.3 Å². The lowest BCUT2D eigenvalue weighted by molar-refractivity contribution is -0.143. The van der Waals surface area contributed by atoms with E-state index in [1.165, 1.54) is 58.5 Å². The highest BCUT2D eigenvalue weighted by Gasteiger charge is 2.28. The van der Waals surface area contributed by atoms with Crippen LogP contribution in [0.5, 0.6) is 0 Å². The molecule has 0 aromatic carbocycles. The molecule has 18 heavy (non-hydrogen) atoms. The Balaban J connectivity index is 2.03. The van der Waals surface area contributed by atoms with Crippen LogP contribution in [0.3, 0.4) is 0 Å². The first-order valence-corrected chi connectivity index (χ1v) is 7.61. The molecule has 1 aliphatic rings. The van der Waals surface area contributed by atoms with Crippen molar-refractivity contribution in [1.29, 1.82) is 0 Å². The predicted octanol–water partition coefficient (Wildman–Crippen LogP) is 3.42. The lowest BCUT2D eigenvalue weighted by Crippen LogP contribution is -2.38. The van der Waals surface area contributed by atoms with E-state index in [2.05, 4.69) is 12.2 Å². The van der Waals surface area contributed by atoms with E-state index in [4.69, 9.17) is 4.74 Å². The lowest BCUT2D eigenvalue weighted by Gasteiger charge is -2.15. The molecule has 0 amide bonds. The first-order chi connectivity index (χ1) is 8.77. The second-order valence-electron chi connectivity index (χ2n) is 5.43. The third-order valence-corrected chi connectivity index (χ3v) is 3.60. The minimum absolute atomic E-state index is 0.0712. The summed E-state index contributed by atoms with van der Waals surface area (Å²) in [7, 11) is 1.48. The summed E-state index contributed by atoms with van der Waals surface area (Å²) in [6.45, 7) is 2.24. The van der Waals surface area contributed by atoms with Crippen molar-refractivity contribution in [3.8, 4) is 0 Å². The van der Waals surface area contributed by atoms with Gasteiger partial charge in [0.25, 0.3) is 0 Å². The fourth-order valence-corrected chi connectivity index (χ4v) is 2.25. The zero-order chi connectivity index (χ0) is 13.2. The zero-order valence-corrected chi connectivity index (χ0v) is 12.0. The van der Waals surface area contributed by atoms with Crippen LogP contribution >= 0.6 is 0 Å². The molecular weight excluding hydrogens is 226 g/mol. The maximum absolute atomic E-state index is 11.6. The van der Waals surface area contributed by atoms with E-state index in [9.17, 15) is 4.79 Å². The summed E-state index contributed by atoms with van der Waals surface area (Å²) >= 11 is 0. The van der Waals surface area contributed by atoms with Gasteiger partial charge in [0.15, 0.2) is 0 Å². The molecule has 0 bridgehead atoms. The number of nitrogens with one attached hydrogen (secondary N) is 1. The van der Waals surface area contributed by atoms with E-state index in [1.54, 1.807) is 0 Å². The Morgan fingerprint density at radius 1 is 1.17 bits per heavy atom. The molecule has 1 atom stereocenters. The first kappa shape index (κ1) is 15.5. The molecule has 3 nitrogen and oxygen atoms in total. The number of carbonyl (C=O) groups excluding carboxylic acids is 1. The largest absolute Gasteiger partial charge is 0.468 e. The Labute approximate surface area is 112 Å². The molecule has 0 spiro atoms. The van der Waals surface area contributed by atoms with Gasteiger partial charge in [-0.2, -0.15) is 0 Å². The Hall–Kier alpha value is -0.570. The second kappa shape index (κ2) is 9.37. The predicted molar refractivity (Wildman–Crippen MR) is 74.6 cm³/mol. The Bertz CT molecular complexity index is 227. The van der Waals surface area contributed by atoms with E-state index in [1.807, 2.05) is 0 Å². The fraction of sp³-hybridized carbons (Fsp3) is 0.933. The highest BCUT2D eigenvalue weighted by Crippen LogP contribution is 2.21. The standard InChI is InChI=1S/C15H29NO2/c1-3-4-5-6-7-8-9-10-14(15(17)18-2)16-13-11-12-13/h13-14,16H,3-12H2,1-2H3. The summed E-state index contributed by atoms with van der Waals surface area (Å²) in [5.74, 6) is -0.0899. The number of hydrogen-bond donors (Lipinski definition) is 1. The molecule has 0 aromatic rings. The van der Waals surface area contributed by atoms with Gasteiger partial charge in [-0.05, 0) is 19.3 Å². The first-order valence-electron chi connectivity index (χ1n) is 7.61. The van der Waals surface area contributed by atoms with Crippen LogP contribution in [0.2, 0.25) is 0 Å². The van der Waals surface area contributed by atoms with E-state index in [0.29, 0.717) is 6.04 Å². The number of carbonyl (C=O) groups is 1. The second-order valence-corrected chi connectivity index (χ2v) is 5.43. The smallest absolute Gasteiger partial charge is 0.322 e. The molecule has 0 aromatic heterocycles. The molecule has 1 N–H and O–H groups in total. The van der Waals surface area contributed by atoms with Crippen molar-refractivity contribution in [3.63, 3.8) is 0 Å². The van der Waals surface area contributed by atoms with Crippen LogP contribution in [0, 0.1) is 0 Å². The summed E-state index contributed by atoms with van der Waals surface area (Å²) < 4.78 is 4.85. The number of ether oxygens (including phenoxy) is 1. The van der Waals surface area contributed by atoms with Crippen LogP contribution in [-0.2, 0) is 9.53 Å². The van der Waals surface area contributed by atoms with Crippen molar-refractivity contribution < 1.29 is 9.53 Å². The molecule has 1 aliphatic carbocycles. The van der Waals surface area contributed by atoms with Crippen LogP contribution in [0.15, 0.2) is 0 Å². The maximum Gasteiger partial charge on any atom is 0.322 e. The van der Waals surface area contributed by atoms with Gasteiger partial charge in [0.1, 0.15) is 6.04 Å². The monoisotopic (exact) mass is 255 g/mol. The number of methoxy groups -OCH3 is 1. The molecule has 106 valence electrons. The molecule has 0 radical (unpaired) electrons. The van der Waals surface area contributed by atoms with E-state index < -0.39 is 0 Å². The van der Waals surface area contributed by atoms with Gasteiger partial charge in [-0.3, -0.25) is 4.79 Å². The molecule has 0 saturated heterocycles. The number of rotatable bonds is 11. The van der Waals surface area contributed by atoms with Gasteiger partial charge >= 0.3 is 5.97 Å². The van der Waals surface area contributed by atoms with Crippen LogP contribution in [-0.4, -0.2) is 25.2 Å². The number of esters is 1. The van der Waals surface area contributed by atoms with Crippen LogP contribution in [0.25, 0.3) is 0 Å².